The summed E-state index contributed by atoms with van der Waals surface area (Å²) in [7, 11) is 0. The van der Waals surface area contributed by atoms with Gasteiger partial charge in [-0.15, -0.1) is 0 Å². The van der Waals surface area contributed by atoms with Crippen LogP contribution in [0.25, 0.3) is 99.1 Å². The minimum Gasteiger partial charge on any atom is -0.309 e. The van der Waals surface area contributed by atoms with Crippen molar-refractivity contribution >= 4 is 71.2 Å². The van der Waals surface area contributed by atoms with Crippen molar-refractivity contribution in [3.05, 3.63) is 158 Å². The molecule has 4 nitrogen and oxygen atoms in total. The summed E-state index contributed by atoms with van der Waals surface area (Å²) in [4.78, 5) is 10.3. The molecule has 0 aliphatic carbocycles. The molecule has 0 unspecified atom stereocenters. The minimum absolute atomic E-state index is 0.904. The van der Waals surface area contributed by atoms with Crippen molar-refractivity contribution in [2.75, 3.05) is 0 Å². The quantitative estimate of drug-likeness (QED) is 0.199. The van der Waals surface area contributed by atoms with E-state index in [1.165, 1.54) is 60.3 Å². The maximum absolute atomic E-state index is 5.19. The maximum atomic E-state index is 5.19. The first-order valence-corrected chi connectivity index (χ1v) is 16.3. The summed E-state index contributed by atoms with van der Waals surface area (Å²) < 4.78 is 4.78. The molecule has 0 N–H and O–H groups in total. The van der Waals surface area contributed by atoms with Crippen LogP contribution in [0.1, 0.15) is 0 Å². The average molecular weight is 611 g/mol. The second-order valence-corrected chi connectivity index (χ2v) is 12.7. The Hall–Kier alpha value is -6.52. The second-order valence-electron chi connectivity index (χ2n) is 12.7. The SMILES string of the molecule is c1ccc(-c2cc(-c3ccccc3)cc(-n3c4ccccc4c4cc5c(cc43)c3cccc4c6nc7ccccc7nc6n5c34)c2)cc1. The van der Waals surface area contributed by atoms with Crippen LogP contribution in [0.2, 0.25) is 0 Å². The molecule has 0 saturated carbocycles. The zero-order chi connectivity index (χ0) is 31.3. The Labute approximate surface area is 275 Å². The number of nitrogens with zero attached hydrogens (tertiary/aromatic N) is 4. The summed E-state index contributed by atoms with van der Waals surface area (Å²) in [5.41, 5.74) is 14.3. The Bertz CT molecular complexity index is 2990. The van der Waals surface area contributed by atoms with Crippen LogP contribution in [0.4, 0.5) is 0 Å². The number of hydrogen-bond acceptors (Lipinski definition) is 2. The van der Waals surface area contributed by atoms with Crippen molar-refractivity contribution in [3.8, 4) is 27.9 Å². The summed E-state index contributed by atoms with van der Waals surface area (Å²) in [5.74, 6) is 0. The van der Waals surface area contributed by atoms with Gasteiger partial charge in [-0.25, -0.2) is 9.97 Å². The van der Waals surface area contributed by atoms with Crippen LogP contribution in [0.15, 0.2) is 158 Å². The molecule has 0 amide bonds. The van der Waals surface area contributed by atoms with E-state index in [0.717, 1.165) is 38.8 Å². The number of aromatic nitrogens is 4. The third-order valence-corrected chi connectivity index (χ3v) is 9.99. The summed E-state index contributed by atoms with van der Waals surface area (Å²) in [5, 5.41) is 6.01. The molecular formula is C44H26N4. The zero-order valence-corrected chi connectivity index (χ0v) is 25.8. The summed E-state index contributed by atoms with van der Waals surface area (Å²) in [6, 6.07) is 56.6. The van der Waals surface area contributed by atoms with Crippen molar-refractivity contribution in [1.29, 1.82) is 0 Å². The summed E-state index contributed by atoms with van der Waals surface area (Å²) in [6.45, 7) is 0. The van der Waals surface area contributed by atoms with Gasteiger partial charge in [-0.2, -0.15) is 0 Å². The van der Waals surface area contributed by atoms with Crippen molar-refractivity contribution in [3.63, 3.8) is 0 Å². The van der Waals surface area contributed by atoms with E-state index >= 15 is 0 Å². The van der Waals surface area contributed by atoms with E-state index in [-0.39, 0.29) is 0 Å². The molecule has 4 aromatic heterocycles. The van der Waals surface area contributed by atoms with Crippen LogP contribution in [0, 0.1) is 0 Å². The van der Waals surface area contributed by atoms with E-state index in [0.29, 0.717) is 0 Å². The van der Waals surface area contributed by atoms with Crippen LogP contribution >= 0.6 is 0 Å². The lowest BCUT2D eigenvalue weighted by atomic mass is 9.98. The molecule has 0 fully saturated rings. The van der Waals surface area contributed by atoms with Crippen molar-refractivity contribution < 1.29 is 0 Å². The molecule has 222 valence electrons. The Morgan fingerprint density at radius 3 is 1.71 bits per heavy atom. The molecule has 0 radical (unpaired) electrons. The van der Waals surface area contributed by atoms with Crippen LogP contribution in [0.3, 0.4) is 0 Å². The Kier molecular flexibility index (Phi) is 5.08. The van der Waals surface area contributed by atoms with Gasteiger partial charge < -0.3 is 4.57 Å². The smallest absolute Gasteiger partial charge is 0.165 e. The van der Waals surface area contributed by atoms with E-state index < -0.39 is 0 Å². The summed E-state index contributed by atoms with van der Waals surface area (Å²) >= 11 is 0. The molecule has 4 heteroatoms. The van der Waals surface area contributed by atoms with E-state index in [4.69, 9.17) is 9.97 Å². The fourth-order valence-corrected chi connectivity index (χ4v) is 7.88. The first-order chi connectivity index (χ1) is 23.8. The van der Waals surface area contributed by atoms with Gasteiger partial charge in [0.15, 0.2) is 5.65 Å². The van der Waals surface area contributed by atoms with Crippen LogP contribution in [-0.4, -0.2) is 18.9 Å². The average Bonchev–Trinajstić information content (AvgIpc) is 3.78. The van der Waals surface area contributed by atoms with Gasteiger partial charge in [0, 0.05) is 32.6 Å². The number of para-hydroxylation sites is 4. The maximum Gasteiger partial charge on any atom is 0.165 e. The van der Waals surface area contributed by atoms with Crippen LogP contribution in [-0.2, 0) is 0 Å². The molecular weight excluding hydrogens is 585 g/mol. The number of fused-ring (bicyclic) bond motifs is 10. The molecule has 0 aliphatic heterocycles. The monoisotopic (exact) mass is 610 g/mol. The Morgan fingerprint density at radius 1 is 0.375 bits per heavy atom. The van der Waals surface area contributed by atoms with Crippen molar-refractivity contribution in [2.45, 2.75) is 0 Å². The first-order valence-electron chi connectivity index (χ1n) is 16.3. The number of rotatable bonds is 3. The van der Waals surface area contributed by atoms with Crippen LogP contribution in [0.5, 0.6) is 0 Å². The van der Waals surface area contributed by atoms with E-state index in [1.807, 2.05) is 24.3 Å². The van der Waals surface area contributed by atoms with Gasteiger partial charge in [-0.05, 0) is 70.8 Å². The topological polar surface area (TPSA) is 35.1 Å². The Balaban J connectivity index is 1.27. The predicted molar refractivity (Wildman–Crippen MR) is 199 cm³/mol. The fraction of sp³-hybridized carbons (Fsp3) is 0. The highest BCUT2D eigenvalue weighted by Crippen LogP contribution is 2.43. The molecule has 7 aromatic carbocycles. The molecule has 0 bridgehead atoms. The highest BCUT2D eigenvalue weighted by Gasteiger charge is 2.22. The second kappa shape index (κ2) is 9.50. The fourth-order valence-electron chi connectivity index (χ4n) is 7.88. The minimum atomic E-state index is 0.904. The van der Waals surface area contributed by atoms with Gasteiger partial charge in [0.2, 0.25) is 0 Å². The van der Waals surface area contributed by atoms with Crippen molar-refractivity contribution in [1.82, 2.24) is 18.9 Å². The lowest BCUT2D eigenvalue weighted by Gasteiger charge is -2.14. The molecule has 0 spiro atoms. The lowest BCUT2D eigenvalue weighted by Crippen LogP contribution is -1.96. The number of benzene rings is 7. The molecule has 11 rings (SSSR count). The lowest BCUT2D eigenvalue weighted by molar-refractivity contribution is 1.18. The molecule has 4 heterocycles. The van der Waals surface area contributed by atoms with Gasteiger partial charge in [0.05, 0.1) is 33.1 Å². The predicted octanol–water partition coefficient (Wildman–Crippen LogP) is 11.2. The van der Waals surface area contributed by atoms with E-state index in [9.17, 15) is 0 Å². The van der Waals surface area contributed by atoms with Gasteiger partial charge in [0.1, 0.15) is 5.52 Å². The third kappa shape index (κ3) is 3.49. The van der Waals surface area contributed by atoms with E-state index in [2.05, 4.69) is 142 Å². The highest BCUT2D eigenvalue weighted by molar-refractivity contribution is 6.25. The molecule has 0 saturated heterocycles. The van der Waals surface area contributed by atoms with Crippen molar-refractivity contribution in [2.24, 2.45) is 0 Å². The first kappa shape index (κ1) is 25.6. The van der Waals surface area contributed by atoms with Gasteiger partial charge in [0.25, 0.3) is 0 Å². The summed E-state index contributed by atoms with van der Waals surface area (Å²) in [6.07, 6.45) is 0. The Morgan fingerprint density at radius 2 is 0.958 bits per heavy atom. The normalized spacial score (nSPS) is 12.2. The van der Waals surface area contributed by atoms with Gasteiger partial charge in [-0.3, -0.25) is 4.40 Å². The zero-order valence-electron chi connectivity index (χ0n) is 25.8. The van der Waals surface area contributed by atoms with Gasteiger partial charge >= 0.3 is 0 Å². The molecule has 48 heavy (non-hydrogen) atoms. The standard InChI is InChI=1S/C44H26N4/c1-3-12-27(13-4-1)29-22-30(28-14-5-2-6-15-28)24-31(23-29)47-39-21-10-7-16-32(39)35-25-41-36(26-40(35)47)33-17-11-18-34-42-44(48(41)43(33)34)46-38-20-9-8-19-37(38)45-42/h1-26H. The van der Waals surface area contributed by atoms with Gasteiger partial charge in [-0.1, -0.05) is 109 Å². The highest BCUT2D eigenvalue weighted by atomic mass is 15.0. The van der Waals surface area contributed by atoms with E-state index in [1.54, 1.807) is 0 Å². The van der Waals surface area contributed by atoms with Crippen LogP contribution < -0.4 is 0 Å². The molecule has 11 aromatic rings. The number of hydrogen-bond donors (Lipinski definition) is 0. The third-order valence-electron chi connectivity index (χ3n) is 9.99. The molecule has 0 atom stereocenters. The molecule has 0 aliphatic rings. The largest absolute Gasteiger partial charge is 0.309 e.